The summed E-state index contributed by atoms with van der Waals surface area (Å²) >= 11 is 0. The fourth-order valence-electron chi connectivity index (χ4n) is 3.32. The largest absolute Gasteiger partial charge is 0.478 e. The van der Waals surface area contributed by atoms with Crippen LogP contribution in [0.4, 0.5) is 0 Å². The first-order valence-electron chi connectivity index (χ1n) is 8.17. The van der Waals surface area contributed by atoms with E-state index in [0.717, 1.165) is 25.7 Å². The Hall–Kier alpha value is -2.69. The highest BCUT2D eigenvalue weighted by molar-refractivity contribution is 5.95. The number of rotatable bonds is 5. The second kappa shape index (κ2) is 7.25. The summed E-state index contributed by atoms with van der Waals surface area (Å²) in [5, 5.41) is 12.1. The lowest BCUT2D eigenvalue weighted by Crippen LogP contribution is -2.38. The molecule has 0 aliphatic heterocycles. The smallest absolute Gasteiger partial charge is 0.335 e. The molecule has 1 fully saturated rings. The van der Waals surface area contributed by atoms with Gasteiger partial charge in [-0.25, -0.2) is 4.79 Å². The van der Waals surface area contributed by atoms with Crippen molar-refractivity contribution in [1.29, 1.82) is 0 Å². The van der Waals surface area contributed by atoms with E-state index in [2.05, 4.69) is 22.4 Å². The summed E-state index contributed by atoms with van der Waals surface area (Å²) in [6.45, 7) is 0. The Bertz CT molecular complexity index is 730. The van der Waals surface area contributed by atoms with Gasteiger partial charge in [0.05, 0.1) is 5.56 Å². The molecule has 2 N–H and O–H groups in total. The van der Waals surface area contributed by atoms with Crippen LogP contribution in [0.2, 0.25) is 0 Å². The van der Waals surface area contributed by atoms with Gasteiger partial charge in [-0.2, -0.15) is 0 Å². The van der Waals surface area contributed by atoms with E-state index in [1.54, 1.807) is 0 Å². The minimum Gasteiger partial charge on any atom is -0.478 e. The van der Waals surface area contributed by atoms with Gasteiger partial charge >= 0.3 is 5.97 Å². The molecule has 1 saturated carbocycles. The molecule has 1 amide bonds. The molecule has 2 atom stereocenters. The lowest BCUT2D eigenvalue weighted by Gasteiger charge is -2.21. The Morgan fingerprint density at radius 2 is 1.96 bits per heavy atom. The molecule has 0 bridgehead atoms. The van der Waals surface area contributed by atoms with Gasteiger partial charge in [0.1, 0.15) is 5.69 Å². The average molecular weight is 324 g/mol. The molecule has 24 heavy (non-hydrogen) atoms. The number of nitrogens with one attached hydrogen (secondary N) is 1. The highest BCUT2D eigenvalue weighted by Crippen LogP contribution is 2.29. The van der Waals surface area contributed by atoms with Crippen LogP contribution in [0.25, 0.3) is 0 Å². The highest BCUT2D eigenvalue weighted by atomic mass is 16.4. The Morgan fingerprint density at radius 3 is 2.71 bits per heavy atom. The summed E-state index contributed by atoms with van der Waals surface area (Å²) in [5.74, 6) is -0.962. The maximum absolute atomic E-state index is 12.4. The number of carboxylic acid groups (broad SMARTS) is 1. The quantitative estimate of drug-likeness (QED) is 0.886. The van der Waals surface area contributed by atoms with Crippen LogP contribution in [0.15, 0.2) is 48.7 Å². The molecule has 1 heterocycles. The first-order valence-corrected chi connectivity index (χ1v) is 8.17. The number of pyridine rings is 1. The van der Waals surface area contributed by atoms with E-state index < -0.39 is 5.97 Å². The Kier molecular flexibility index (Phi) is 4.89. The van der Waals surface area contributed by atoms with Crippen molar-refractivity contribution in [2.45, 2.75) is 31.7 Å². The molecule has 1 aromatic carbocycles. The van der Waals surface area contributed by atoms with Gasteiger partial charge in [-0.1, -0.05) is 36.8 Å². The van der Waals surface area contributed by atoms with Gasteiger partial charge in [0.2, 0.25) is 0 Å². The van der Waals surface area contributed by atoms with Crippen molar-refractivity contribution in [2.75, 3.05) is 0 Å². The summed E-state index contributed by atoms with van der Waals surface area (Å²) in [4.78, 5) is 27.4. The lowest BCUT2D eigenvalue weighted by atomic mass is 9.94. The SMILES string of the molecule is O=C(O)c1ccnc(C(=O)NC2CCCC2Cc2ccccc2)c1. The fraction of sp³-hybridized carbons (Fsp3) is 0.316. The topological polar surface area (TPSA) is 79.3 Å². The molecule has 0 saturated heterocycles. The Balaban J connectivity index is 1.67. The van der Waals surface area contributed by atoms with Gasteiger partial charge in [-0.15, -0.1) is 0 Å². The van der Waals surface area contributed by atoms with Gasteiger partial charge in [-0.05, 0) is 42.9 Å². The highest BCUT2D eigenvalue weighted by Gasteiger charge is 2.29. The summed E-state index contributed by atoms with van der Waals surface area (Å²) in [7, 11) is 0. The summed E-state index contributed by atoms with van der Waals surface area (Å²) < 4.78 is 0. The normalized spacial score (nSPS) is 19.8. The van der Waals surface area contributed by atoms with Crippen LogP contribution in [0.3, 0.4) is 0 Å². The number of hydrogen-bond acceptors (Lipinski definition) is 3. The molecule has 3 rings (SSSR count). The molecular weight excluding hydrogens is 304 g/mol. The fourth-order valence-corrected chi connectivity index (χ4v) is 3.32. The van der Waals surface area contributed by atoms with E-state index in [0.29, 0.717) is 5.92 Å². The predicted octanol–water partition coefficient (Wildman–Crippen LogP) is 2.92. The van der Waals surface area contributed by atoms with E-state index in [4.69, 9.17) is 5.11 Å². The number of amides is 1. The van der Waals surface area contributed by atoms with Gasteiger partial charge in [-0.3, -0.25) is 9.78 Å². The molecule has 5 nitrogen and oxygen atoms in total. The van der Waals surface area contributed by atoms with Crippen LogP contribution in [-0.2, 0) is 6.42 Å². The second-order valence-corrected chi connectivity index (χ2v) is 6.20. The van der Waals surface area contributed by atoms with Crippen LogP contribution in [-0.4, -0.2) is 28.0 Å². The second-order valence-electron chi connectivity index (χ2n) is 6.20. The van der Waals surface area contributed by atoms with Gasteiger partial charge in [0.25, 0.3) is 5.91 Å². The number of benzene rings is 1. The first-order chi connectivity index (χ1) is 11.6. The number of nitrogens with zero attached hydrogens (tertiary/aromatic N) is 1. The molecule has 1 aliphatic carbocycles. The van der Waals surface area contributed by atoms with Crippen molar-refractivity contribution < 1.29 is 14.7 Å². The zero-order chi connectivity index (χ0) is 16.9. The minimum atomic E-state index is -1.06. The van der Waals surface area contributed by atoms with Crippen molar-refractivity contribution >= 4 is 11.9 Å². The van der Waals surface area contributed by atoms with Crippen molar-refractivity contribution in [3.63, 3.8) is 0 Å². The van der Waals surface area contributed by atoms with E-state index in [1.165, 1.54) is 23.9 Å². The summed E-state index contributed by atoms with van der Waals surface area (Å²) in [5.41, 5.74) is 1.50. The van der Waals surface area contributed by atoms with Crippen LogP contribution < -0.4 is 5.32 Å². The van der Waals surface area contributed by atoms with Crippen LogP contribution in [0.1, 0.15) is 45.7 Å². The molecule has 1 aliphatic rings. The van der Waals surface area contributed by atoms with Crippen LogP contribution in [0.5, 0.6) is 0 Å². The number of carboxylic acids is 1. The number of hydrogen-bond donors (Lipinski definition) is 2. The van der Waals surface area contributed by atoms with E-state index in [9.17, 15) is 9.59 Å². The van der Waals surface area contributed by atoms with E-state index in [-0.39, 0.29) is 23.2 Å². The van der Waals surface area contributed by atoms with Crippen molar-refractivity contribution in [3.8, 4) is 0 Å². The monoisotopic (exact) mass is 324 g/mol. The summed E-state index contributed by atoms with van der Waals surface area (Å²) in [6.07, 6.45) is 5.41. The number of aromatic nitrogens is 1. The third-order valence-electron chi connectivity index (χ3n) is 4.56. The Morgan fingerprint density at radius 1 is 1.17 bits per heavy atom. The lowest BCUT2D eigenvalue weighted by molar-refractivity contribution is 0.0696. The molecule has 1 aromatic heterocycles. The maximum atomic E-state index is 12.4. The molecule has 2 unspecified atom stereocenters. The number of aromatic carboxylic acids is 1. The maximum Gasteiger partial charge on any atom is 0.335 e. The third-order valence-corrected chi connectivity index (χ3v) is 4.56. The average Bonchev–Trinajstić information content (AvgIpc) is 3.02. The van der Waals surface area contributed by atoms with Crippen molar-refractivity contribution in [3.05, 3.63) is 65.5 Å². The summed E-state index contributed by atoms with van der Waals surface area (Å²) in [6, 6.07) is 13.1. The van der Waals surface area contributed by atoms with Gasteiger partial charge in [0.15, 0.2) is 0 Å². The molecule has 2 aromatic rings. The molecule has 0 spiro atoms. The standard InChI is InChI=1S/C19H20N2O3/c22-18(17-12-15(19(23)24)9-10-20-17)21-16-8-4-7-14(16)11-13-5-2-1-3-6-13/h1-3,5-6,9-10,12,14,16H,4,7-8,11H2,(H,21,22)(H,23,24). The first kappa shape index (κ1) is 16.2. The van der Waals surface area contributed by atoms with Crippen LogP contribution >= 0.6 is 0 Å². The van der Waals surface area contributed by atoms with Crippen LogP contribution in [0, 0.1) is 5.92 Å². The molecular formula is C19H20N2O3. The third kappa shape index (κ3) is 3.79. The predicted molar refractivity (Wildman–Crippen MR) is 89.9 cm³/mol. The zero-order valence-electron chi connectivity index (χ0n) is 13.3. The van der Waals surface area contributed by atoms with Crippen molar-refractivity contribution in [1.82, 2.24) is 10.3 Å². The number of carbonyl (C=O) groups excluding carboxylic acids is 1. The zero-order valence-corrected chi connectivity index (χ0v) is 13.3. The van der Waals surface area contributed by atoms with Crippen molar-refractivity contribution in [2.24, 2.45) is 5.92 Å². The molecule has 124 valence electrons. The minimum absolute atomic E-state index is 0.0717. The van der Waals surface area contributed by atoms with Gasteiger partial charge < -0.3 is 10.4 Å². The number of carbonyl (C=O) groups is 2. The Labute approximate surface area is 140 Å². The van der Waals surface area contributed by atoms with Gasteiger partial charge in [0, 0.05) is 12.2 Å². The van der Waals surface area contributed by atoms with E-state index in [1.807, 2.05) is 18.2 Å². The molecule has 0 radical (unpaired) electrons. The molecule has 5 heteroatoms. The van der Waals surface area contributed by atoms with E-state index >= 15 is 0 Å².